The molecule has 0 aromatic carbocycles. The summed E-state index contributed by atoms with van der Waals surface area (Å²) in [5, 5.41) is 0. The van der Waals surface area contributed by atoms with Crippen LogP contribution in [-0.4, -0.2) is 126 Å². The van der Waals surface area contributed by atoms with E-state index in [0.29, 0.717) is 0 Å². The standard InChI is InChI=1S/C18H37N3O8S4/c1-22-13(23-2)9-20(17(30)31,10-14(24-3)25-4)19-21(18(32)33,11-15(26-5)27-6)12-16(28-7)29-8/h13-16,19H,9-12H2,1-8H3/p+2. The van der Waals surface area contributed by atoms with E-state index in [1.807, 2.05) is 0 Å². The van der Waals surface area contributed by atoms with Gasteiger partial charge in [-0.25, -0.2) is 0 Å². The summed E-state index contributed by atoms with van der Waals surface area (Å²) in [7, 11) is 12.2. The first-order valence-electron chi connectivity index (χ1n) is 9.80. The number of methoxy groups -OCH3 is 8. The third-order valence-electron chi connectivity index (χ3n) is 5.06. The van der Waals surface area contributed by atoms with Crippen LogP contribution in [0.15, 0.2) is 0 Å². The second-order valence-corrected chi connectivity index (χ2v) is 9.16. The minimum atomic E-state index is -0.659. The third kappa shape index (κ3) is 10.1. The summed E-state index contributed by atoms with van der Waals surface area (Å²) in [5.41, 5.74) is 3.48. The quantitative estimate of drug-likeness (QED) is 0.0746. The molecule has 0 fully saturated rings. The van der Waals surface area contributed by atoms with Crippen LogP contribution in [0.1, 0.15) is 0 Å². The monoisotopic (exact) mass is 553 g/mol. The van der Waals surface area contributed by atoms with Crippen molar-refractivity contribution in [3.63, 3.8) is 0 Å². The van der Waals surface area contributed by atoms with Crippen LogP contribution in [0.3, 0.4) is 0 Å². The molecule has 0 radical (unpaired) electrons. The van der Waals surface area contributed by atoms with Gasteiger partial charge in [-0.05, 0) is 24.4 Å². The molecule has 0 saturated heterocycles. The lowest BCUT2D eigenvalue weighted by Gasteiger charge is -2.46. The van der Waals surface area contributed by atoms with Gasteiger partial charge < -0.3 is 37.9 Å². The Kier molecular flexibility index (Phi) is 17.2. The minimum absolute atomic E-state index is 0.182. The number of hydrogen-bond donors (Lipinski definition) is 3. The summed E-state index contributed by atoms with van der Waals surface area (Å²) < 4.78 is 43.9. The first-order chi connectivity index (χ1) is 15.6. The number of hydrogen-bond acceptors (Lipinski definition) is 11. The van der Waals surface area contributed by atoms with Crippen LogP contribution >= 0.6 is 49.7 Å². The average Bonchev–Trinajstić information content (AvgIpc) is 2.81. The molecular weight excluding hydrogens is 514 g/mol. The molecule has 0 unspecified atom stereocenters. The summed E-state index contributed by atoms with van der Waals surface area (Å²) in [6, 6.07) is 0. The maximum Gasteiger partial charge on any atom is 0.254 e. The van der Waals surface area contributed by atoms with E-state index in [2.05, 4.69) is 30.8 Å². The Morgan fingerprint density at radius 2 is 0.727 bits per heavy atom. The van der Waals surface area contributed by atoms with Crippen molar-refractivity contribution in [1.82, 2.24) is 5.53 Å². The fraction of sp³-hybridized carbons (Fsp3) is 0.889. The van der Waals surface area contributed by atoms with E-state index in [-0.39, 0.29) is 44.0 Å². The topological polar surface area (TPSA) is 85.9 Å². The molecule has 0 aliphatic carbocycles. The molecule has 1 N–H and O–H groups in total. The molecule has 15 heteroatoms. The van der Waals surface area contributed by atoms with E-state index in [0.717, 1.165) is 0 Å². The molecule has 0 aliphatic rings. The molecule has 0 spiro atoms. The Bertz CT molecular complexity index is 501. The van der Waals surface area contributed by atoms with Crippen LogP contribution in [-0.2, 0) is 37.9 Å². The maximum absolute atomic E-state index is 5.60. The van der Waals surface area contributed by atoms with Crippen LogP contribution in [0.5, 0.6) is 0 Å². The Balaban J connectivity index is 6.76. The number of thiocarbonyl (C=S) groups is 2. The van der Waals surface area contributed by atoms with Gasteiger partial charge in [-0.2, -0.15) is 0 Å². The van der Waals surface area contributed by atoms with Gasteiger partial charge in [-0.15, -0.1) is 9.18 Å². The van der Waals surface area contributed by atoms with Gasteiger partial charge in [0.25, 0.3) is 8.64 Å². The zero-order valence-electron chi connectivity index (χ0n) is 20.5. The molecule has 11 nitrogen and oxygen atoms in total. The minimum Gasteiger partial charge on any atom is -0.351 e. The Morgan fingerprint density at radius 3 is 0.848 bits per heavy atom. The molecule has 0 saturated carbocycles. The third-order valence-corrected chi connectivity index (χ3v) is 6.53. The number of quaternary nitrogens is 2. The van der Waals surface area contributed by atoms with Crippen molar-refractivity contribution in [2.45, 2.75) is 25.2 Å². The lowest BCUT2D eigenvalue weighted by atomic mass is 10.4. The highest BCUT2D eigenvalue weighted by molar-refractivity contribution is 8.10. The van der Waals surface area contributed by atoms with Gasteiger partial charge >= 0.3 is 0 Å². The van der Waals surface area contributed by atoms with E-state index < -0.39 is 25.2 Å². The van der Waals surface area contributed by atoms with Crippen LogP contribution in [0.2, 0.25) is 0 Å². The largest absolute Gasteiger partial charge is 0.351 e. The lowest BCUT2D eigenvalue weighted by Crippen LogP contribution is -2.78. The molecule has 0 rings (SSSR count). The van der Waals surface area contributed by atoms with Gasteiger partial charge in [0, 0.05) is 62.4 Å². The van der Waals surface area contributed by atoms with Crippen molar-refractivity contribution in [1.29, 1.82) is 0 Å². The van der Waals surface area contributed by atoms with E-state index in [1.165, 1.54) is 56.9 Å². The number of ether oxygens (including phenoxy) is 8. The van der Waals surface area contributed by atoms with Gasteiger partial charge in [-0.3, -0.25) is 0 Å². The van der Waals surface area contributed by atoms with E-state index in [9.17, 15) is 0 Å². The van der Waals surface area contributed by atoms with Crippen molar-refractivity contribution in [3.8, 4) is 0 Å². The molecule has 0 aliphatic heterocycles. The van der Waals surface area contributed by atoms with Crippen molar-refractivity contribution in [2.24, 2.45) is 0 Å². The summed E-state index contributed by atoms with van der Waals surface area (Å²) in [5.74, 6) is 0. The van der Waals surface area contributed by atoms with Gasteiger partial charge in [0.2, 0.25) is 25.2 Å². The molecule has 0 aromatic heterocycles. The van der Waals surface area contributed by atoms with Crippen LogP contribution in [0.25, 0.3) is 0 Å². The van der Waals surface area contributed by atoms with Crippen molar-refractivity contribution in [3.05, 3.63) is 0 Å². The normalized spacial score (nSPS) is 13.0. The second-order valence-electron chi connectivity index (χ2n) is 6.94. The fourth-order valence-corrected chi connectivity index (χ4v) is 3.87. The number of nitrogens with one attached hydrogen (secondary N) is 1. The van der Waals surface area contributed by atoms with Crippen LogP contribution in [0.4, 0.5) is 0 Å². The lowest BCUT2D eigenvalue weighted by molar-refractivity contribution is -1.09. The molecule has 33 heavy (non-hydrogen) atoms. The Hall–Kier alpha value is 0.440. The van der Waals surface area contributed by atoms with E-state index >= 15 is 0 Å². The smallest absolute Gasteiger partial charge is 0.254 e. The summed E-state index contributed by atoms with van der Waals surface area (Å²) >= 11 is 20.3. The van der Waals surface area contributed by atoms with Gasteiger partial charge in [0.15, 0.2) is 26.2 Å². The number of nitrogens with zero attached hydrogens (tertiary/aromatic N) is 2. The van der Waals surface area contributed by atoms with Crippen LogP contribution < -0.4 is 5.53 Å². The highest BCUT2D eigenvalue weighted by Crippen LogP contribution is 2.23. The molecule has 0 heterocycles. The molecule has 0 amide bonds. The van der Waals surface area contributed by atoms with E-state index in [4.69, 9.17) is 62.3 Å². The van der Waals surface area contributed by atoms with E-state index in [1.54, 1.807) is 0 Å². The van der Waals surface area contributed by atoms with Crippen molar-refractivity contribution < 1.29 is 47.1 Å². The van der Waals surface area contributed by atoms with Gasteiger partial charge in [0.05, 0.1) is 0 Å². The SMILES string of the molecule is COC(C[N+](CC(OC)OC)(N[N+](CC(OC)OC)(CC(OC)OC)C(=S)S)C(=S)S)OC. The maximum atomic E-state index is 5.60. The Morgan fingerprint density at radius 1 is 0.545 bits per heavy atom. The van der Waals surface area contributed by atoms with Gasteiger partial charge in [0.1, 0.15) is 0 Å². The number of thiol groups is 2. The predicted octanol–water partition coefficient (Wildman–Crippen LogP) is 0.945. The van der Waals surface area contributed by atoms with Gasteiger partial charge in [-0.1, -0.05) is 25.3 Å². The fourth-order valence-electron chi connectivity index (χ4n) is 3.08. The summed E-state index contributed by atoms with van der Waals surface area (Å²) in [6.45, 7) is 0.739. The first kappa shape index (κ1) is 33.4. The molecule has 0 bridgehead atoms. The zero-order chi connectivity index (χ0) is 25.7. The second kappa shape index (κ2) is 17.0. The summed E-state index contributed by atoms with van der Waals surface area (Å²) in [6.07, 6.45) is -2.63. The molecular formula is C18H39N3O8S4+2. The molecule has 0 atom stereocenters. The average molecular weight is 554 g/mol. The highest BCUT2D eigenvalue weighted by atomic mass is 32.1. The van der Waals surface area contributed by atoms with Crippen molar-refractivity contribution in [2.75, 3.05) is 83.1 Å². The van der Waals surface area contributed by atoms with Crippen LogP contribution in [0, 0.1) is 0 Å². The first-order valence-corrected chi connectivity index (χ1v) is 11.5. The predicted molar refractivity (Wildman–Crippen MR) is 138 cm³/mol. The highest BCUT2D eigenvalue weighted by Gasteiger charge is 2.50. The molecule has 196 valence electrons. The Labute approximate surface area is 218 Å². The van der Waals surface area contributed by atoms with Crippen molar-refractivity contribution >= 4 is 58.3 Å². The number of rotatable bonds is 18. The summed E-state index contributed by atoms with van der Waals surface area (Å²) in [4.78, 5) is 0. The zero-order valence-corrected chi connectivity index (χ0v) is 23.9. The molecule has 0 aromatic rings.